The summed E-state index contributed by atoms with van der Waals surface area (Å²) in [6.45, 7) is 5.64. The van der Waals surface area contributed by atoms with Gasteiger partial charge in [-0.15, -0.1) is 0 Å². The van der Waals surface area contributed by atoms with Crippen molar-refractivity contribution in [1.29, 1.82) is 0 Å². The lowest BCUT2D eigenvalue weighted by atomic mass is 9.99. The summed E-state index contributed by atoms with van der Waals surface area (Å²) < 4.78 is 13.4. The molecule has 0 saturated heterocycles. The largest absolute Gasteiger partial charge is 0.493 e. The first kappa shape index (κ1) is 21.7. The number of hydrogen-bond donors (Lipinski definition) is 0. The van der Waals surface area contributed by atoms with E-state index in [1.807, 2.05) is 25.1 Å². The second kappa shape index (κ2) is 10.2. The molecule has 4 rings (SSSR count). The number of carbonyl (C=O) groups is 1. The number of carbonyl (C=O) groups excluding carboxylic acids is 1. The van der Waals surface area contributed by atoms with Crippen LogP contribution in [0.4, 0.5) is 0 Å². The minimum atomic E-state index is -0.173. The standard InChI is InChI=1S/C28H29NO3/c1-3-31-28(30)17-10-18-32-27-16-9-15-26-25(27)19-21(2)29(26)20-23-13-7-8-14-24(23)22-11-5-4-6-12-22/h4-9,11-16,19H,3,10,17-18,20H2,1-2H3. The molecule has 1 aromatic heterocycles. The van der Waals surface area contributed by atoms with Gasteiger partial charge in [0.15, 0.2) is 0 Å². The van der Waals surface area contributed by atoms with Crippen molar-refractivity contribution in [2.45, 2.75) is 33.2 Å². The molecule has 164 valence electrons. The third kappa shape index (κ3) is 4.86. The van der Waals surface area contributed by atoms with Crippen LogP contribution in [0.25, 0.3) is 22.0 Å². The minimum Gasteiger partial charge on any atom is -0.493 e. The van der Waals surface area contributed by atoms with E-state index in [9.17, 15) is 4.79 Å². The van der Waals surface area contributed by atoms with Gasteiger partial charge in [-0.05, 0) is 55.2 Å². The summed E-state index contributed by atoms with van der Waals surface area (Å²) in [7, 11) is 0. The molecule has 0 aliphatic rings. The molecule has 0 spiro atoms. The summed E-state index contributed by atoms with van der Waals surface area (Å²) in [6.07, 6.45) is 1.01. The van der Waals surface area contributed by atoms with Crippen LogP contribution in [0.3, 0.4) is 0 Å². The predicted octanol–water partition coefficient (Wildman–Crippen LogP) is 6.39. The molecule has 0 amide bonds. The van der Waals surface area contributed by atoms with E-state index in [0.717, 1.165) is 23.2 Å². The molecule has 0 saturated carbocycles. The molecule has 4 heteroatoms. The summed E-state index contributed by atoms with van der Waals surface area (Å²) in [6, 6.07) is 27.4. The van der Waals surface area contributed by atoms with Gasteiger partial charge in [0, 0.05) is 24.0 Å². The fourth-order valence-corrected chi connectivity index (χ4v) is 4.09. The molecule has 0 atom stereocenters. The van der Waals surface area contributed by atoms with Crippen LogP contribution in [0, 0.1) is 6.92 Å². The fraction of sp³-hybridized carbons (Fsp3) is 0.250. The van der Waals surface area contributed by atoms with Crippen LogP contribution >= 0.6 is 0 Å². The molecule has 4 nitrogen and oxygen atoms in total. The minimum absolute atomic E-state index is 0.173. The van der Waals surface area contributed by atoms with E-state index in [1.165, 1.54) is 22.4 Å². The number of fused-ring (bicyclic) bond motifs is 1. The lowest BCUT2D eigenvalue weighted by molar-refractivity contribution is -0.143. The van der Waals surface area contributed by atoms with Gasteiger partial charge in [0.05, 0.1) is 18.7 Å². The van der Waals surface area contributed by atoms with Gasteiger partial charge in [0.25, 0.3) is 0 Å². The fourth-order valence-electron chi connectivity index (χ4n) is 4.09. The smallest absolute Gasteiger partial charge is 0.305 e. The second-order valence-corrected chi connectivity index (χ2v) is 7.84. The average Bonchev–Trinajstić information content (AvgIpc) is 3.13. The Hall–Kier alpha value is -3.53. The van der Waals surface area contributed by atoms with Crippen molar-refractivity contribution >= 4 is 16.9 Å². The van der Waals surface area contributed by atoms with E-state index in [2.05, 4.69) is 72.2 Å². The summed E-state index contributed by atoms with van der Waals surface area (Å²) in [5.74, 6) is 0.679. The number of aromatic nitrogens is 1. The molecule has 0 unspecified atom stereocenters. The highest BCUT2D eigenvalue weighted by Crippen LogP contribution is 2.31. The number of esters is 1. The van der Waals surface area contributed by atoms with Gasteiger partial charge in [-0.25, -0.2) is 0 Å². The number of aryl methyl sites for hydroxylation is 1. The van der Waals surface area contributed by atoms with Crippen molar-refractivity contribution in [2.24, 2.45) is 0 Å². The zero-order valence-corrected chi connectivity index (χ0v) is 18.7. The summed E-state index contributed by atoms with van der Waals surface area (Å²) in [4.78, 5) is 11.5. The monoisotopic (exact) mass is 427 g/mol. The normalized spacial score (nSPS) is 10.9. The van der Waals surface area contributed by atoms with E-state index in [1.54, 1.807) is 0 Å². The van der Waals surface area contributed by atoms with E-state index in [0.29, 0.717) is 26.1 Å². The van der Waals surface area contributed by atoms with Crippen LogP contribution in [0.5, 0.6) is 5.75 Å². The summed E-state index contributed by atoms with van der Waals surface area (Å²) >= 11 is 0. The van der Waals surface area contributed by atoms with E-state index >= 15 is 0 Å². The van der Waals surface area contributed by atoms with Crippen molar-refractivity contribution in [3.8, 4) is 16.9 Å². The molecule has 0 radical (unpaired) electrons. The first-order valence-corrected chi connectivity index (χ1v) is 11.2. The van der Waals surface area contributed by atoms with Gasteiger partial charge < -0.3 is 14.0 Å². The van der Waals surface area contributed by atoms with E-state index < -0.39 is 0 Å². The van der Waals surface area contributed by atoms with Crippen LogP contribution in [-0.2, 0) is 16.1 Å². The Kier molecular flexibility index (Phi) is 6.90. The Balaban J connectivity index is 1.56. The highest BCUT2D eigenvalue weighted by atomic mass is 16.5. The number of hydrogen-bond acceptors (Lipinski definition) is 3. The van der Waals surface area contributed by atoms with Crippen molar-refractivity contribution < 1.29 is 14.3 Å². The van der Waals surface area contributed by atoms with Gasteiger partial charge >= 0.3 is 5.97 Å². The molecule has 0 N–H and O–H groups in total. The third-order valence-corrected chi connectivity index (χ3v) is 5.63. The molecule has 0 fully saturated rings. The predicted molar refractivity (Wildman–Crippen MR) is 129 cm³/mol. The Morgan fingerprint density at radius 2 is 1.72 bits per heavy atom. The third-order valence-electron chi connectivity index (χ3n) is 5.63. The number of rotatable bonds is 9. The lowest BCUT2D eigenvalue weighted by Gasteiger charge is -2.14. The molecular formula is C28H29NO3. The zero-order valence-electron chi connectivity index (χ0n) is 18.7. The zero-order chi connectivity index (χ0) is 22.3. The van der Waals surface area contributed by atoms with Crippen molar-refractivity contribution in [1.82, 2.24) is 4.57 Å². The molecule has 0 aliphatic heterocycles. The van der Waals surface area contributed by atoms with Crippen LogP contribution in [-0.4, -0.2) is 23.8 Å². The second-order valence-electron chi connectivity index (χ2n) is 7.84. The van der Waals surface area contributed by atoms with Gasteiger partial charge in [-0.2, -0.15) is 0 Å². The average molecular weight is 428 g/mol. The highest BCUT2D eigenvalue weighted by molar-refractivity contribution is 5.87. The molecule has 0 bridgehead atoms. The summed E-state index contributed by atoms with van der Waals surface area (Å²) in [5, 5.41) is 1.10. The molecule has 0 aliphatic carbocycles. The SMILES string of the molecule is CCOC(=O)CCCOc1cccc2c1cc(C)n2Cc1ccccc1-c1ccccc1. The number of ether oxygens (including phenoxy) is 2. The molecule has 32 heavy (non-hydrogen) atoms. The maximum absolute atomic E-state index is 11.5. The van der Waals surface area contributed by atoms with E-state index in [-0.39, 0.29) is 5.97 Å². The number of benzene rings is 3. The van der Waals surface area contributed by atoms with Crippen molar-refractivity contribution in [3.63, 3.8) is 0 Å². The Morgan fingerprint density at radius 3 is 2.53 bits per heavy atom. The first-order valence-electron chi connectivity index (χ1n) is 11.2. The number of nitrogens with zero attached hydrogens (tertiary/aromatic N) is 1. The Labute approximate surface area is 189 Å². The van der Waals surface area contributed by atoms with Gasteiger partial charge in [-0.1, -0.05) is 60.7 Å². The van der Waals surface area contributed by atoms with Gasteiger partial charge in [0.1, 0.15) is 5.75 Å². The summed E-state index contributed by atoms with van der Waals surface area (Å²) in [5.41, 5.74) is 6.09. The topological polar surface area (TPSA) is 40.5 Å². The maximum Gasteiger partial charge on any atom is 0.305 e. The first-order chi connectivity index (χ1) is 15.7. The van der Waals surface area contributed by atoms with Crippen LogP contribution in [0.1, 0.15) is 31.0 Å². The van der Waals surface area contributed by atoms with E-state index in [4.69, 9.17) is 9.47 Å². The Bertz CT molecular complexity index is 1190. The van der Waals surface area contributed by atoms with Gasteiger partial charge in [-0.3, -0.25) is 4.79 Å². The molecule has 3 aromatic carbocycles. The van der Waals surface area contributed by atoms with Crippen LogP contribution < -0.4 is 4.74 Å². The van der Waals surface area contributed by atoms with Crippen molar-refractivity contribution in [3.05, 3.63) is 90.1 Å². The quantitative estimate of drug-likeness (QED) is 0.230. The van der Waals surface area contributed by atoms with Gasteiger partial charge in [0.2, 0.25) is 0 Å². The van der Waals surface area contributed by atoms with Crippen molar-refractivity contribution in [2.75, 3.05) is 13.2 Å². The van der Waals surface area contributed by atoms with Crippen LogP contribution in [0.15, 0.2) is 78.9 Å². The highest BCUT2D eigenvalue weighted by Gasteiger charge is 2.13. The van der Waals surface area contributed by atoms with Crippen LogP contribution in [0.2, 0.25) is 0 Å². The maximum atomic E-state index is 11.5. The molecule has 1 heterocycles. The molecule has 4 aromatic rings. The molecular weight excluding hydrogens is 398 g/mol. The lowest BCUT2D eigenvalue weighted by Crippen LogP contribution is -2.07. The Morgan fingerprint density at radius 1 is 0.938 bits per heavy atom.